The SMILES string of the molecule is CS(=O)(=O)c1cc(Cl)ccc1CN1CCn2c(nnc2-c2cnccn2)C1=O. The van der Waals surface area contributed by atoms with E-state index in [0.717, 1.165) is 6.26 Å². The smallest absolute Gasteiger partial charge is 0.292 e. The van der Waals surface area contributed by atoms with Gasteiger partial charge in [-0.05, 0) is 17.7 Å². The van der Waals surface area contributed by atoms with Crippen molar-refractivity contribution in [3.8, 4) is 11.5 Å². The van der Waals surface area contributed by atoms with Crippen LogP contribution in [0.25, 0.3) is 11.5 Å². The summed E-state index contributed by atoms with van der Waals surface area (Å²) in [6.07, 6.45) is 5.76. The molecule has 3 heterocycles. The molecule has 9 nitrogen and oxygen atoms in total. The maximum absolute atomic E-state index is 12.9. The Hall–Kier alpha value is -2.85. The van der Waals surface area contributed by atoms with Crippen LogP contribution in [0.3, 0.4) is 0 Å². The number of rotatable bonds is 4. The molecule has 11 heteroatoms. The number of hydrogen-bond donors (Lipinski definition) is 0. The third kappa shape index (κ3) is 3.36. The van der Waals surface area contributed by atoms with Gasteiger partial charge < -0.3 is 4.90 Å². The molecule has 0 atom stereocenters. The molecule has 1 aliphatic heterocycles. The van der Waals surface area contributed by atoms with Gasteiger partial charge in [-0.15, -0.1) is 10.2 Å². The van der Waals surface area contributed by atoms with Crippen molar-refractivity contribution >= 4 is 27.3 Å². The van der Waals surface area contributed by atoms with Gasteiger partial charge in [0.25, 0.3) is 5.91 Å². The number of carbonyl (C=O) groups is 1. The number of carbonyl (C=O) groups excluding carboxylic acids is 1. The first-order valence-corrected chi connectivity index (χ1v) is 10.6. The standard InChI is InChI=1S/C17H15ClN6O3S/c1-28(26,27)14-8-12(18)3-2-11(14)10-23-6-7-24-15(13-9-19-4-5-20-13)21-22-16(24)17(23)25/h2-5,8-9H,6-7,10H2,1H3. The summed E-state index contributed by atoms with van der Waals surface area (Å²) >= 11 is 5.94. The molecule has 0 unspecified atom stereocenters. The molecule has 1 amide bonds. The minimum absolute atomic E-state index is 0.111. The number of nitrogens with zero attached hydrogens (tertiary/aromatic N) is 6. The summed E-state index contributed by atoms with van der Waals surface area (Å²) in [5.74, 6) is 0.324. The first-order valence-electron chi connectivity index (χ1n) is 8.32. The second kappa shape index (κ2) is 6.95. The van der Waals surface area contributed by atoms with Crippen LogP contribution in [0.1, 0.15) is 16.2 Å². The first-order chi connectivity index (χ1) is 13.3. The van der Waals surface area contributed by atoms with Crippen molar-refractivity contribution < 1.29 is 13.2 Å². The number of halogens is 1. The van der Waals surface area contributed by atoms with Crippen molar-refractivity contribution in [3.05, 3.63) is 53.2 Å². The number of amides is 1. The Morgan fingerprint density at radius 1 is 1.14 bits per heavy atom. The summed E-state index contributed by atoms with van der Waals surface area (Å²) in [7, 11) is -3.49. The van der Waals surface area contributed by atoms with E-state index >= 15 is 0 Å². The van der Waals surface area contributed by atoms with E-state index in [-0.39, 0.29) is 23.2 Å². The molecule has 0 aliphatic carbocycles. The Labute approximate surface area is 165 Å². The molecular formula is C17H15ClN6O3S. The maximum atomic E-state index is 12.9. The zero-order valence-electron chi connectivity index (χ0n) is 14.8. The van der Waals surface area contributed by atoms with Crippen LogP contribution < -0.4 is 0 Å². The fourth-order valence-corrected chi connectivity index (χ4v) is 4.29. The van der Waals surface area contributed by atoms with Gasteiger partial charge in [-0.1, -0.05) is 17.7 Å². The van der Waals surface area contributed by atoms with Gasteiger partial charge >= 0.3 is 0 Å². The van der Waals surface area contributed by atoms with Gasteiger partial charge in [-0.3, -0.25) is 14.3 Å². The van der Waals surface area contributed by atoms with Crippen molar-refractivity contribution in [2.75, 3.05) is 12.8 Å². The van der Waals surface area contributed by atoms with Gasteiger partial charge in [0.05, 0.1) is 11.1 Å². The van der Waals surface area contributed by atoms with Crippen LogP contribution in [0.4, 0.5) is 0 Å². The molecule has 28 heavy (non-hydrogen) atoms. The lowest BCUT2D eigenvalue weighted by Crippen LogP contribution is -2.40. The Morgan fingerprint density at radius 3 is 2.64 bits per heavy atom. The zero-order valence-corrected chi connectivity index (χ0v) is 16.4. The van der Waals surface area contributed by atoms with Gasteiger partial charge in [0.2, 0.25) is 5.82 Å². The molecule has 0 saturated carbocycles. The number of sulfone groups is 1. The quantitative estimate of drug-likeness (QED) is 0.630. The summed E-state index contributed by atoms with van der Waals surface area (Å²) < 4.78 is 25.9. The highest BCUT2D eigenvalue weighted by Crippen LogP contribution is 2.25. The second-order valence-corrected chi connectivity index (χ2v) is 8.76. The van der Waals surface area contributed by atoms with E-state index in [1.54, 1.807) is 40.2 Å². The minimum atomic E-state index is -3.49. The fraction of sp³-hybridized carbons (Fsp3) is 0.235. The van der Waals surface area contributed by atoms with Crippen molar-refractivity contribution in [1.29, 1.82) is 0 Å². The van der Waals surface area contributed by atoms with E-state index in [1.807, 2.05) is 0 Å². The molecule has 2 aromatic heterocycles. The molecule has 1 aliphatic rings. The largest absolute Gasteiger partial charge is 0.330 e. The van der Waals surface area contributed by atoms with Crippen molar-refractivity contribution in [2.45, 2.75) is 18.0 Å². The normalized spacial score (nSPS) is 14.2. The number of aromatic nitrogens is 5. The lowest BCUT2D eigenvalue weighted by molar-refractivity contribution is 0.0682. The molecule has 4 rings (SSSR count). The third-order valence-electron chi connectivity index (χ3n) is 4.40. The van der Waals surface area contributed by atoms with Gasteiger partial charge in [-0.25, -0.2) is 13.4 Å². The van der Waals surface area contributed by atoms with Crippen LogP contribution in [0.5, 0.6) is 0 Å². The molecule has 1 aromatic carbocycles. The molecule has 144 valence electrons. The van der Waals surface area contributed by atoms with Gasteiger partial charge in [0.15, 0.2) is 15.7 Å². The lowest BCUT2D eigenvalue weighted by Gasteiger charge is -2.28. The van der Waals surface area contributed by atoms with E-state index in [4.69, 9.17) is 11.6 Å². The Balaban J connectivity index is 1.65. The third-order valence-corrected chi connectivity index (χ3v) is 5.82. The average molecular weight is 419 g/mol. The summed E-state index contributed by atoms with van der Waals surface area (Å²) in [6.45, 7) is 0.969. The monoisotopic (exact) mass is 418 g/mol. The summed E-state index contributed by atoms with van der Waals surface area (Å²) in [5, 5.41) is 8.41. The molecule has 0 spiro atoms. The molecule has 0 N–H and O–H groups in total. The van der Waals surface area contributed by atoms with Crippen LogP contribution in [-0.4, -0.2) is 56.8 Å². The van der Waals surface area contributed by atoms with Gasteiger partial charge in [0.1, 0.15) is 5.69 Å². The van der Waals surface area contributed by atoms with Crippen molar-refractivity contribution in [2.24, 2.45) is 0 Å². The van der Waals surface area contributed by atoms with E-state index in [9.17, 15) is 13.2 Å². The number of fused-ring (bicyclic) bond motifs is 1. The maximum Gasteiger partial charge on any atom is 0.292 e. The topological polar surface area (TPSA) is 111 Å². The average Bonchev–Trinajstić information content (AvgIpc) is 3.10. The molecule has 0 saturated heterocycles. The predicted octanol–water partition coefficient (Wildman–Crippen LogP) is 1.45. The summed E-state index contributed by atoms with van der Waals surface area (Å²) in [6, 6.07) is 4.63. The van der Waals surface area contributed by atoms with E-state index in [0.29, 0.717) is 35.2 Å². The Kier molecular flexibility index (Phi) is 4.60. The van der Waals surface area contributed by atoms with E-state index in [2.05, 4.69) is 20.2 Å². The van der Waals surface area contributed by atoms with Gasteiger partial charge in [0, 0.05) is 43.3 Å². The van der Waals surface area contributed by atoms with Crippen LogP contribution >= 0.6 is 11.6 Å². The molecule has 0 bridgehead atoms. The lowest BCUT2D eigenvalue weighted by atomic mass is 10.2. The molecule has 0 radical (unpaired) electrons. The predicted molar refractivity (Wildman–Crippen MR) is 100 cm³/mol. The Morgan fingerprint density at radius 2 is 1.93 bits per heavy atom. The highest BCUT2D eigenvalue weighted by molar-refractivity contribution is 7.90. The fourth-order valence-electron chi connectivity index (χ4n) is 3.10. The van der Waals surface area contributed by atoms with Crippen LogP contribution in [0.15, 0.2) is 41.7 Å². The number of hydrogen-bond acceptors (Lipinski definition) is 7. The molecule has 3 aromatic rings. The van der Waals surface area contributed by atoms with E-state index in [1.165, 1.54) is 6.07 Å². The summed E-state index contributed by atoms with van der Waals surface area (Å²) in [5.41, 5.74) is 1.03. The highest BCUT2D eigenvalue weighted by atomic mass is 35.5. The van der Waals surface area contributed by atoms with Crippen LogP contribution in [0, 0.1) is 0 Å². The second-order valence-electron chi connectivity index (χ2n) is 6.34. The summed E-state index contributed by atoms with van der Waals surface area (Å²) in [4.78, 5) is 22.8. The number of benzene rings is 1. The first kappa shape index (κ1) is 18.5. The minimum Gasteiger partial charge on any atom is -0.330 e. The van der Waals surface area contributed by atoms with Gasteiger partial charge in [-0.2, -0.15) is 0 Å². The highest BCUT2D eigenvalue weighted by Gasteiger charge is 2.30. The zero-order chi connectivity index (χ0) is 19.9. The molecular weight excluding hydrogens is 404 g/mol. The van der Waals surface area contributed by atoms with Crippen molar-refractivity contribution in [1.82, 2.24) is 29.6 Å². The Bertz CT molecular complexity index is 1160. The van der Waals surface area contributed by atoms with Crippen molar-refractivity contribution in [3.63, 3.8) is 0 Å². The molecule has 0 fully saturated rings. The van der Waals surface area contributed by atoms with Crippen LogP contribution in [-0.2, 0) is 22.9 Å². The van der Waals surface area contributed by atoms with E-state index < -0.39 is 9.84 Å². The van der Waals surface area contributed by atoms with Crippen LogP contribution in [0.2, 0.25) is 5.02 Å².